The second-order valence-corrected chi connectivity index (χ2v) is 7.07. The summed E-state index contributed by atoms with van der Waals surface area (Å²) >= 11 is 0. The van der Waals surface area contributed by atoms with Crippen LogP contribution in [0.25, 0.3) is 6.08 Å². The van der Waals surface area contributed by atoms with Crippen LogP contribution in [-0.4, -0.2) is 23.4 Å². The molecule has 0 aliphatic rings. The fraction of sp³-hybridized carbons (Fsp3) is 0.154. The lowest BCUT2D eigenvalue weighted by Crippen LogP contribution is -2.33. The second kappa shape index (κ2) is 10.8. The van der Waals surface area contributed by atoms with Gasteiger partial charge < -0.3 is 9.64 Å². The molecule has 3 rings (SSSR count). The molecule has 0 spiro atoms. The van der Waals surface area contributed by atoms with E-state index in [-0.39, 0.29) is 12.5 Å². The van der Waals surface area contributed by atoms with E-state index in [9.17, 15) is 9.59 Å². The zero-order valence-electron chi connectivity index (χ0n) is 17.0. The van der Waals surface area contributed by atoms with Gasteiger partial charge in [-0.1, -0.05) is 90.5 Å². The standard InChI is InChI=1S/C26H25NO3/c1-21-12-14-22(15-13-21)16-17-26(29)30-20-25(28)27(18-23-8-4-2-5-9-23)19-24-10-6-3-7-11-24/h2-17H,18-20H2,1H3/b17-16+. The Labute approximate surface area is 177 Å². The van der Waals surface area contributed by atoms with E-state index in [2.05, 4.69) is 0 Å². The van der Waals surface area contributed by atoms with Gasteiger partial charge in [-0.25, -0.2) is 4.79 Å². The molecule has 3 aromatic carbocycles. The molecular weight excluding hydrogens is 374 g/mol. The smallest absolute Gasteiger partial charge is 0.331 e. The molecule has 30 heavy (non-hydrogen) atoms. The lowest BCUT2D eigenvalue weighted by molar-refractivity contribution is -0.148. The van der Waals surface area contributed by atoms with Crippen LogP contribution in [0.5, 0.6) is 0 Å². The van der Waals surface area contributed by atoms with Crippen molar-refractivity contribution in [2.75, 3.05) is 6.61 Å². The van der Waals surface area contributed by atoms with Gasteiger partial charge in [0.15, 0.2) is 6.61 Å². The average molecular weight is 399 g/mol. The van der Waals surface area contributed by atoms with E-state index < -0.39 is 5.97 Å². The van der Waals surface area contributed by atoms with E-state index >= 15 is 0 Å². The third kappa shape index (κ3) is 6.74. The lowest BCUT2D eigenvalue weighted by atomic mass is 10.1. The van der Waals surface area contributed by atoms with E-state index in [4.69, 9.17) is 4.74 Å². The summed E-state index contributed by atoms with van der Waals surface area (Å²) in [6, 6.07) is 27.3. The number of nitrogens with zero attached hydrogens (tertiary/aromatic N) is 1. The number of rotatable bonds is 8. The van der Waals surface area contributed by atoms with Gasteiger partial charge in [0, 0.05) is 19.2 Å². The number of benzene rings is 3. The molecule has 0 heterocycles. The van der Waals surface area contributed by atoms with Crippen molar-refractivity contribution in [3.8, 4) is 0 Å². The Hall–Kier alpha value is -3.66. The maximum absolute atomic E-state index is 12.8. The predicted molar refractivity (Wildman–Crippen MR) is 118 cm³/mol. The third-order valence-electron chi connectivity index (χ3n) is 4.61. The van der Waals surface area contributed by atoms with Gasteiger partial charge in [-0.15, -0.1) is 0 Å². The van der Waals surface area contributed by atoms with Crippen LogP contribution in [0.1, 0.15) is 22.3 Å². The molecule has 0 aliphatic heterocycles. The minimum atomic E-state index is -0.539. The molecule has 0 unspecified atom stereocenters. The Morgan fingerprint density at radius 1 is 0.800 bits per heavy atom. The summed E-state index contributed by atoms with van der Waals surface area (Å²) < 4.78 is 5.19. The van der Waals surface area contributed by atoms with Gasteiger partial charge in [0.25, 0.3) is 5.91 Å². The number of carbonyl (C=O) groups is 2. The highest BCUT2D eigenvalue weighted by atomic mass is 16.5. The maximum atomic E-state index is 12.8. The number of amides is 1. The molecule has 152 valence electrons. The molecule has 1 amide bonds. The number of aryl methyl sites for hydroxylation is 1. The van der Waals surface area contributed by atoms with Crippen molar-refractivity contribution in [2.45, 2.75) is 20.0 Å². The average Bonchev–Trinajstić information content (AvgIpc) is 2.78. The van der Waals surface area contributed by atoms with E-state index in [1.807, 2.05) is 91.9 Å². The van der Waals surface area contributed by atoms with Crippen molar-refractivity contribution >= 4 is 18.0 Å². The number of hydrogen-bond donors (Lipinski definition) is 0. The molecule has 0 saturated heterocycles. The Kier molecular flexibility index (Phi) is 7.56. The van der Waals surface area contributed by atoms with Crippen LogP contribution < -0.4 is 0 Å². The fourth-order valence-corrected chi connectivity index (χ4v) is 2.95. The van der Waals surface area contributed by atoms with Gasteiger partial charge in [0.1, 0.15) is 0 Å². The molecule has 0 bridgehead atoms. The largest absolute Gasteiger partial charge is 0.452 e. The van der Waals surface area contributed by atoms with Crippen LogP contribution in [0.4, 0.5) is 0 Å². The van der Waals surface area contributed by atoms with Crippen molar-refractivity contribution in [3.63, 3.8) is 0 Å². The van der Waals surface area contributed by atoms with Gasteiger partial charge in [-0.2, -0.15) is 0 Å². The van der Waals surface area contributed by atoms with E-state index in [1.54, 1.807) is 11.0 Å². The quantitative estimate of drug-likeness (QED) is 0.404. The summed E-state index contributed by atoms with van der Waals surface area (Å²) in [5, 5.41) is 0. The molecular formula is C26H25NO3. The van der Waals surface area contributed by atoms with Gasteiger partial charge >= 0.3 is 5.97 Å². The normalized spacial score (nSPS) is 10.7. The monoisotopic (exact) mass is 399 g/mol. The Bertz CT molecular complexity index is 938. The minimum absolute atomic E-state index is 0.236. The van der Waals surface area contributed by atoms with Gasteiger partial charge in [-0.05, 0) is 29.7 Å². The summed E-state index contributed by atoms with van der Waals surface area (Å²) in [6.07, 6.45) is 3.02. The Morgan fingerprint density at radius 2 is 1.33 bits per heavy atom. The molecule has 4 heteroatoms. The first-order chi connectivity index (χ1) is 14.6. The molecule has 4 nitrogen and oxygen atoms in total. The minimum Gasteiger partial charge on any atom is -0.452 e. The molecule has 0 fully saturated rings. The van der Waals surface area contributed by atoms with Gasteiger partial charge in [-0.3, -0.25) is 4.79 Å². The van der Waals surface area contributed by atoms with E-state index in [0.29, 0.717) is 13.1 Å². The predicted octanol–water partition coefficient (Wildman–Crippen LogP) is 4.78. The first-order valence-electron chi connectivity index (χ1n) is 9.87. The van der Waals surface area contributed by atoms with Gasteiger partial charge in [0.05, 0.1) is 0 Å². The summed E-state index contributed by atoms with van der Waals surface area (Å²) in [4.78, 5) is 26.5. The second-order valence-electron chi connectivity index (χ2n) is 7.07. The van der Waals surface area contributed by atoms with Crippen molar-refractivity contribution in [3.05, 3.63) is 113 Å². The highest BCUT2D eigenvalue weighted by Gasteiger charge is 2.16. The maximum Gasteiger partial charge on any atom is 0.331 e. The van der Waals surface area contributed by atoms with Crippen LogP contribution in [0.15, 0.2) is 91.0 Å². The molecule has 0 atom stereocenters. The number of esters is 1. The molecule has 0 radical (unpaired) electrons. The molecule has 0 saturated carbocycles. The topological polar surface area (TPSA) is 46.6 Å². The van der Waals surface area contributed by atoms with Crippen LogP contribution in [0, 0.1) is 6.92 Å². The molecule has 0 aliphatic carbocycles. The van der Waals surface area contributed by atoms with Crippen molar-refractivity contribution in [1.29, 1.82) is 0 Å². The summed E-state index contributed by atoms with van der Waals surface area (Å²) in [7, 11) is 0. The summed E-state index contributed by atoms with van der Waals surface area (Å²) in [5.74, 6) is -0.775. The van der Waals surface area contributed by atoms with Crippen LogP contribution in [0.3, 0.4) is 0 Å². The fourth-order valence-electron chi connectivity index (χ4n) is 2.95. The highest BCUT2D eigenvalue weighted by Crippen LogP contribution is 2.11. The van der Waals surface area contributed by atoms with Crippen LogP contribution >= 0.6 is 0 Å². The summed E-state index contributed by atoms with van der Waals surface area (Å²) in [5.41, 5.74) is 4.09. The highest BCUT2D eigenvalue weighted by molar-refractivity contribution is 5.89. The Balaban J connectivity index is 1.60. The lowest BCUT2D eigenvalue weighted by Gasteiger charge is -2.23. The van der Waals surface area contributed by atoms with Crippen molar-refractivity contribution < 1.29 is 14.3 Å². The van der Waals surface area contributed by atoms with Crippen molar-refractivity contribution in [1.82, 2.24) is 4.90 Å². The van der Waals surface area contributed by atoms with E-state index in [1.165, 1.54) is 6.08 Å². The third-order valence-corrected chi connectivity index (χ3v) is 4.61. The first-order valence-corrected chi connectivity index (χ1v) is 9.87. The number of carbonyl (C=O) groups excluding carboxylic acids is 2. The Morgan fingerprint density at radius 3 is 1.87 bits per heavy atom. The van der Waals surface area contributed by atoms with E-state index in [0.717, 1.165) is 22.3 Å². The SMILES string of the molecule is Cc1ccc(/C=C/C(=O)OCC(=O)N(Cc2ccccc2)Cc2ccccc2)cc1. The summed E-state index contributed by atoms with van der Waals surface area (Å²) in [6.45, 7) is 2.61. The van der Waals surface area contributed by atoms with Crippen LogP contribution in [-0.2, 0) is 27.4 Å². The molecule has 3 aromatic rings. The molecule has 0 aromatic heterocycles. The number of hydrogen-bond acceptors (Lipinski definition) is 3. The van der Waals surface area contributed by atoms with Crippen LogP contribution in [0.2, 0.25) is 0 Å². The molecule has 0 N–H and O–H groups in total. The zero-order valence-corrected chi connectivity index (χ0v) is 17.0. The number of ether oxygens (including phenoxy) is 1. The van der Waals surface area contributed by atoms with Gasteiger partial charge in [0.2, 0.25) is 0 Å². The van der Waals surface area contributed by atoms with Crippen molar-refractivity contribution in [2.24, 2.45) is 0 Å². The first kappa shape index (κ1) is 21.1. The zero-order chi connectivity index (χ0) is 21.2.